The first kappa shape index (κ1) is 10.8. The fourth-order valence-corrected chi connectivity index (χ4v) is 1.56. The van der Waals surface area contributed by atoms with Gasteiger partial charge >= 0.3 is 0 Å². The molecule has 1 rings (SSSR count). The molecule has 0 radical (unpaired) electrons. The van der Waals surface area contributed by atoms with E-state index in [1.54, 1.807) is 0 Å². The molecule has 0 heterocycles. The maximum absolute atomic E-state index is 3.89. The summed E-state index contributed by atoms with van der Waals surface area (Å²) in [6.07, 6.45) is 11.8. The Bertz CT molecular complexity index is 281. The van der Waals surface area contributed by atoms with E-state index in [1.165, 1.54) is 5.57 Å². The van der Waals surface area contributed by atoms with E-state index in [-0.39, 0.29) is 5.41 Å². The third-order valence-corrected chi connectivity index (χ3v) is 2.58. The molecule has 0 aromatic heterocycles. The van der Waals surface area contributed by atoms with E-state index in [4.69, 9.17) is 0 Å². The number of rotatable bonds is 3. The SMILES string of the molecule is C=CC1(C)C=C(CC)C=CC(NC)=C1. The van der Waals surface area contributed by atoms with Gasteiger partial charge in [-0.3, -0.25) is 0 Å². The second-order valence-electron chi connectivity index (χ2n) is 3.83. The van der Waals surface area contributed by atoms with Gasteiger partial charge in [0.1, 0.15) is 0 Å². The normalized spacial score (nSPS) is 26.2. The first-order valence-corrected chi connectivity index (χ1v) is 5.07. The standard InChI is InChI=1S/C13H19N/c1-5-11-7-8-12(14-4)10-13(3,6-2)9-11/h6-10,14H,2,5H2,1,3-4H3. The second kappa shape index (κ2) is 4.32. The molecule has 0 aromatic carbocycles. The molecule has 1 unspecified atom stereocenters. The highest BCUT2D eigenvalue weighted by atomic mass is 14.8. The fraction of sp³-hybridized carbons (Fsp3) is 0.385. The van der Waals surface area contributed by atoms with E-state index >= 15 is 0 Å². The zero-order chi connectivity index (χ0) is 10.6. The summed E-state index contributed by atoms with van der Waals surface area (Å²) in [5.41, 5.74) is 2.47. The van der Waals surface area contributed by atoms with Crippen LogP contribution in [0.2, 0.25) is 0 Å². The summed E-state index contributed by atoms with van der Waals surface area (Å²) < 4.78 is 0. The molecule has 0 bridgehead atoms. The molecule has 0 aromatic rings. The smallest absolute Gasteiger partial charge is 0.0308 e. The van der Waals surface area contributed by atoms with Crippen LogP contribution in [0.3, 0.4) is 0 Å². The highest BCUT2D eigenvalue weighted by Gasteiger charge is 2.16. The summed E-state index contributed by atoms with van der Waals surface area (Å²) in [7, 11) is 1.94. The Labute approximate surface area is 86.9 Å². The van der Waals surface area contributed by atoms with Crippen LogP contribution in [0.4, 0.5) is 0 Å². The molecule has 14 heavy (non-hydrogen) atoms. The fourth-order valence-electron chi connectivity index (χ4n) is 1.56. The molecule has 0 fully saturated rings. The minimum absolute atomic E-state index is 0.0345. The van der Waals surface area contributed by atoms with Crippen LogP contribution in [0.1, 0.15) is 20.3 Å². The lowest BCUT2D eigenvalue weighted by Gasteiger charge is -2.17. The quantitative estimate of drug-likeness (QED) is 0.672. The van der Waals surface area contributed by atoms with E-state index in [2.05, 4.69) is 50.0 Å². The number of likely N-dealkylation sites (N-methyl/N-ethyl adjacent to an activating group) is 1. The summed E-state index contributed by atoms with van der Waals surface area (Å²) in [5, 5.41) is 3.17. The minimum atomic E-state index is -0.0345. The zero-order valence-electron chi connectivity index (χ0n) is 9.30. The molecule has 0 saturated carbocycles. The summed E-state index contributed by atoms with van der Waals surface area (Å²) in [6, 6.07) is 0. The Morgan fingerprint density at radius 2 is 2.14 bits per heavy atom. The van der Waals surface area contributed by atoms with Gasteiger partial charge in [-0.05, 0) is 25.5 Å². The van der Waals surface area contributed by atoms with Gasteiger partial charge in [0, 0.05) is 18.2 Å². The van der Waals surface area contributed by atoms with Crippen LogP contribution in [-0.4, -0.2) is 7.05 Å². The van der Waals surface area contributed by atoms with Crippen molar-refractivity contribution in [2.24, 2.45) is 5.41 Å². The number of hydrogen-bond donors (Lipinski definition) is 1. The van der Waals surface area contributed by atoms with Crippen molar-refractivity contribution < 1.29 is 0 Å². The third kappa shape index (κ3) is 2.38. The molecular weight excluding hydrogens is 170 g/mol. The van der Waals surface area contributed by atoms with Crippen molar-refractivity contribution in [3.63, 3.8) is 0 Å². The van der Waals surface area contributed by atoms with Gasteiger partial charge in [-0.15, -0.1) is 6.58 Å². The molecule has 1 N–H and O–H groups in total. The van der Waals surface area contributed by atoms with Crippen LogP contribution >= 0.6 is 0 Å². The molecule has 0 spiro atoms. The predicted molar refractivity (Wildman–Crippen MR) is 63.0 cm³/mol. The van der Waals surface area contributed by atoms with Gasteiger partial charge in [-0.2, -0.15) is 0 Å². The first-order chi connectivity index (χ1) is 6.63. The van der Waals surface area contributed by atoms with Crippen molar-refractivity contribution in [2.75, 3.05) is 7.05 Å². The van der Waals surface area contributed by atoms with Crippen molar-refractivity contribution in [1.29, 1.82) is 0 Å². The topological polar surface area (TPSA) is 12.0 Å². The minimum Gasteiger partial charge on any atom is -0.388 e. The Kier molecular flexibility index (Phi) is 3.34. The lowest BCUT2D eigenvalue weighted by molar-refractivity contribution is 0.701. The molecule has 0 amide bonds. The van der Waals surface area contributed by atoms with Crippen molar-refractivity contribution in [1.82, 2.24) is 5.32 Å². The van der Waals surface area contributed by atoms with E-state index < -0.39 is 0 Å². The average molecular weight is 189 g/mol. The lowest BCUT2D eigenvalue weighted by atomic mass is 9.88. The Hall–Kier alpha value is -1.24. The van der Waals surface area contributed by atoms with E-state index in [0.717, 1.165) is 12.1 Å². The maximum Gasteiger partial charge on any atom is 0.0308 e. The molecule has 1 nitrogen and oxygen atoms in total. The molecule has 1 aliphatic carbocycles. The van der Waals surface area contributed by atoms with E-state index in [0.29, 0.717) is 0 Å². The van der Waals surface area contributed by atoms with Crippen LogP contribution in [0.5, 0.6) is 0 Å². The summed E-state index contributed by atoms with van der Waals surface area (Å²) in [4.78, 5) is 0. The zero-order valence-corrected chi connectivity index (χ0v) is 9.30. The molecule has 1 aliphatic rings. The van der Waals surface area contributed by atoms with Crippen LogP contribution < -0.4 is 5.32 Å². The molecule has 0 saturated heterocycles. The first-order valence-electron chi connectivity index (χ1n) is 5.07. The van der Waals surface area contributed by atoms with E-state index in [1.807, 2.05) is 13.1 Å². The molecular formula is C13H19N. The van der Waals surface area contributed by atoms with Gasteiger partial charge in [-0.1, -0.05) is 30.7 Å². The maximum atomic E-state index is 3.89. The van der Waals surface area contributed by atoms with Gasteiger partial charge in [0.05, 0.1) is 0 Å². The molecule has 1 atom stereocenters. The highest BCUT2D eigenvalue weighted by Crippen LogP contribution is 2.28. The van der Waals surface area contributed by atoms with Gasteiger partial charge in [0.2, 0.25) is 0 Å². The van der Waals surface area contributed by atoms with Crippen LogP contribution in [0, 0.1) is 5.41 Å². The van der Waals surface area contributed by atoms with E-state index in [9.17, 15) is 0 Å². The second-order valence-corrected chi connectivity index (χ2v) is 3.83. The van der Waals surface area contributed by atoms with Crippen molar-refractivity contribution in [3.8, 4) is 0 Å². The predicted octanol–water partition coefficient (Wildman–Crippen LogP) is 3.19. The summed E-state index contributed by atoms with van der Waals surface area (Å²) >= 11 is 0. The Morgan fingerprint density at radius 3 is 2.64 bits per heavy atom. The summed E-state index contributed by atoms with van der Waals surface area (Å²) in [6.45, 7) is 8.23. The van der Waals surface area contributed by atoms with Crippen LogP contribution in [0.25, 0.3) is 0 Å². The average Bonchev–Trinajstić information content (AvgIpc) is 2.38. The number of nitrogens with one attached hydrogen (secondary N) is 1. The Morgan fingerprint density at radius 1 is 1.43 bits per heavy atom. The Balaban J connectivity index is 3.10. The largest absolute Gasteiger partial charge is 0.388 e. The third-order valence-electron chi connectivity index (χ3n) is 2.58. The van der Waals surface area contributed by atoms with Crippen molar-refractivity contribution >= 4 is 0 Å². The van der Waals surface area contributed by atoms with Crippen LogP contribution in [0.15, 0.2) is 48.2 Å². The van der Waals surface area contributed by atoms with Gasteiger partial charge in [0.15, 0.2) is 0 Å². The lowest BCUT2D eigenvalue weighted by Crippen LogP contribution is -2.10. The molecule has 1 heteroatoms. The van der Waals surface area contributed by atoms with Gasteiger partial charge in [0.25, 0.3) is 0 Å². The van der Waals surface area contributed by atoms with Crippen molar-refractivity contribution in [2.45, 2.75) is 20.3 Å². The van der Waals surface area contributed by atoms with Crippen LogP contribution in [-0.2, 0) is 0 Å². The van der Waals surface area contributed by atoms with Gasteiger partial charge in [-0.25, -0.2) is 0 Å². The number of hydrogen-bond acceptors (Lipinski definition) is 1. The highest BCUT2D eigenvalue weighted by molar-refractivity contribution is 5.37. The summed E-state index contributed by atoms with van der Waals surface area (Å²) in [5.74, 6) is 0. The molecule has 0 aliphatic heterocycles. The molecule has 76 valence electrons. The van der Waals surface area contributed by atoms with Crippen molar-refractivity contribution in [3.05, 3.63) is 48.2 Å². The number of allylic oxidation sites excluding steroid dienone is 6. The van der Waals surface area contributed by atoms with Gasteiger partial charge < -0.3 is 5.32 Å². The monoisotopic (exact) mass is 189 g/mol.